The van der Waals surface area contributed by atoms with Gasteiger partial charge in [0.25, 0.3) is 5.56 Å². The molecule has 0 amide bonds. The Labute approximate surface area is 181 Å². The summed E-state index contributed by atoms with van der Waals surface area (Å²) < 4.78 is 12.8. The van der Waals surface area contributed by atoms with Gasteiger partial charge in [-0.25, -0.2) is 9.79 Å². The molecular weight excluding hydrogens is 420 g/mol. The topological polar surface area (TPSA) is 69.9 Å². The van der Waals surface area contributed by atoms with Crippen LogP contribution >= 0.6 is 22.7 Å². The molecule has 1 aliphatic heterocycles. The summed E-state index contributed by atoms with van der Waals surface area (Å²) in [5.74, 6) is 0.171. The van der Waals surface area contributed by atoms with E-state index in [9.17, 15) is 9.59 Å². The average Bonchev–Trinajstić information content (AvgIpc) is 3.35. The van der Waals surface area contributed by atoms with Crippen molar-refractivity contribution in [2.75, 3.05) is 13.7 Å². The Hall–Kier alpha value is -2.97. The fourth-order valence-electron chi connectivity index (χ4n) is 3.42. The van der Waals surface area contributed by atoms with Gasteiger partial charge >= 0.3 is 5.97 Å². The monoisotopic (exact) mass is 440 g/mol. The Morgan fingerprint density at radius 3 is 2.83 bits per heavy atom. The number of rotatable bonds is 5. The fourth-order valence-corrected chi connectivity index (χ4v) is 5.19. The number of benzene rings is 1. The van der Waals surface area contributed by atoms with Gasteiger partial charge < -0.3 is 9.47 Å². The van der Waals surface area contributed by atoms with Crippen LogP contribution in [0.5, 0.6) is 5.75 Å². The molecule has 0 fully saturated rings. The van der Waals surface area contributed by atoms with Crippen molar-refractivity contribution in [3.05, 3.63) is 83.2 Å². The van der Waals surface area contributed by atoms with Crippen LogP contribution in [0.15, 0.2) is 62.8 Å². The molecule has 0 spiro atoms. The van der Waals surface area contributed by atoms with Gasteiger partial charge in [0.2, 0.25) is 0 Å². The third-order valence-electron chi connectivity index (χ3n) is 4.74. The van der Waals surface area contributed by atoms with Crippen LogP contribution in [0, 0.1) is 0 Å². The first-order chi connectivity index (χ1) is 14.5. The third-order valence-corrected chi connectivity index (χ3v) is 6.55. The maximum Gasteiger partial charge on any atom is 0.338 e. The molecule has 30 heavy (non-hydrogen) atoms. The highest BCUT2D eigenvalue weighted by atomic mass is 32.1. The Kier molecular flexibility index (Phi) is 5.69. The van der Waals surface area contributed by atoms with Gasteiger partial charge in [-0.1, -0.05) is 29.5 Å². The molecule has 3 aromatic rings. The number of thiophene rings is 1. The number of fused-ring (bicyclic) bond motifs is 1. The Morgan fingerprint density at radius 2 is 2.13 bits per heavy atom. The van der Waals surface area contributed by atoms with Crippen molar-refractivity contribution in [2.24, 2.45) is 4.99 Å². The number of hydrogen-bond donors (Lipinski definition) is 0. The maximum absolute atomic E-state index is 13.4. The molecule has 0 aliphatic carbocycles. The van der Waals surface area contributed by atoms with E-state index in [1.54, 1.807) is 36.9 Å². The summed E-state index contributed by atoms with van der Waals surface area (Å²) in [7, 11) is 1.58. The van der Waals surface area contributed by atoms with Crippen molar-refractivity contribution in [3.8, 4) is 5.75 Å². The summed E-state index contributed by atoms with van der Waals surface area (Å²) >= 11 is 2.88. The van der Waals surface area contributed by atoms with E-state index in [-0.39, 0.29) is 12.2 Å². The minimum Gasteiger partial charge on any atom is -0.497 e. The number of hydrogen-bond acceptors (Lipinski definition) is 7. The normalized spacial score (nSPS) is 16.2. The van der Waals surface area contributed by atoms with E-state index < -0.39 is 12.0 Å². The van der Waals surface area contributed by atoms with Crippen LogP contribution in [0.3, 0.4) is 0 Å². The molecule has 0 bridgehead atoms. The lowest BCUT2D eigenvalue weighted by molar-refractivity contribution is -0.139. The number of thiazole rings is 1. The molecule has 154 valence electrons. The Morgan fingerprint density at radius 1 is 1.30 bits per heavy atom. The summed E-state index contributed by atoms with van der Waals surface area (Å²) in [6, 6.07) is 10.6. The van der Waals surface area contributed by atoms with Gasteiger partial charge in [-0.15, -0.1) is 11.3 Å². The van der Waals surface area contributed by atoms with Crippen molar-refractivity contribution in [2.45, 2.75) is 19.9 Å². The molecule has 8 heteroatoms. The second-order valence-corrected chi connectivity index (χ2v) is 8.58. The summed E-state index contributed by atoms with van der Waals surface area (Å²) in [4.78, 5) is 32.3. The second kappa shape index (κ2) is 8.41. The largest absolute Gasteiger partial charge is 0.497 e. The molecule has 1 aromatic carbocycles. The van der Waals surface area contributed by atoms with Crippen molar-refractivity contribution in [1.29, 1.82) is 0 Å². The van der Waals surface area contributed by atoms with Crippen LogP contribution in [0.25, 0.3) is 6.08 Å². The Bertz CT molecular complexity index is 1300. The molecule has 0 radical (unpaired) electrons. The van der Waals surface area contributed by atoms with E-state index >= 15 is 0 Å². The molecule has 0 unspecified atom stereocenters. The lowest BCUT2D eigenvalue weighted by atomic mass is 9.95. The predicted molar refractivity (Wildman–Crippen MR) is 118 cm³/mol. The second-order valence-electron chi connectivity index (χ2n) is 6.59. The van der Waals surface area contributed by atoms with Gasteiger partial charge in [0.1, 0.15) is 5.75 Å². The van der Waals surface area contributed by atoms with Gasteiger partial charge in [0, 0.05) is 4.88 Å². The molecule has 3 heterocycles. The molecule has 0 N–H and O–H groups in total. The van der Waals surface area contributed by atoms with Crippen molar-refractivity contribution in [1.82, 2.24) is 4.57 Å². The molecule has 1 atom stereocenters. The fraction of sp³-hybridized carbons (Fsp3) is 0.227. The summed E-state index contributed by atoms with van der Waals surface area (Å²) in [6.45, 7) is 3.77. The maximum atomic E-state index is 13.4. The van der Waals surface area contributed by atoms with Gasteiger partial charge in [-0.3, -0.25) is 9.36 Å². The van der Waals surface area contributed by atoms with Crippen molar-refractivity contribution >= 4 is 34.7 Å². The van der Waals surface area contributed by atoms with Crippen molar-refractivity contribution < 1.29 is 14.3 Å². The molecule has 2 aromatic heterocycles. The minimum atomic E-state index is -0.638. The van der Waals surface area contributed by atoms with E-state index in [0.29, 0.717) is 26.4 Å². The Balaban J connectivity index is 1.98. The molecule has 0 saturated heterocycles. The first kappa shape index (κ1) is 20.3. The first-order valence-corrected chi connectivity index (χ1v) is 11.1. The van der Waals surface area contributed by atoms with Gasteiger partial charge in [0.15, 0.2) is 4.80 Å². The van der Waals surface area contributed by atoms with Crippen LogP contribution in [0.1, 0.15) is 30.3 Å². The number of ether oxygens (including phenoxy) is 2. The predicted octanol–water partition coefficient (Wildman–Crippen LogP) is 2.87. The number of esters is 1. The SMILES string of the molecule is CCOC(=O)C1=C(C)N=c2s/c(=C\c3cccs3)c(=O)n2[C@@H]1c1cccc(OC)c1. The van der Waals surface area contributed by atoms with Crippen LogP contribution in [-0.2, 0) is 9.53 Å². The number of carbonyl (C=O) groups excluding carboxylic acids is 1. The number of nitrogens with zero attached hydrogens (tertiary/aromatic N) is 2. The lowest BCUT2D eigenvalue weighted by Gasteiger charge is -2.24. The van der Waals surface area contributed by atoms with Crippen LogP contribution < -0.4 is 19.6 Å². The summed E-state index contributed by atoms with van der Waals surface area (Å²) in [5.41, 5.74) is 1.48. The number of aromatic nitrogens is 1. The van der Waals surface area contributed by atoms with Crippen molar-refractivity contribution in [3.63, 3.8) is 0 Å². The highest BCUT2D eigenvalue weighted by molar-refractivity contribution is 7.11. The quantitative estimate of drug-likeness (QED) is 0.572. The number of methoxy groups -OCH3 is 1. The smallest absolute Gasteiger partial charge is 0.338 e. The highest BCUT2D eigenvalue weighted by Crippen LogP contribution is 2.32. The van der Waals surface area contributed by atoms with E-state index in [0.717, 1.165) is 10.4 Å². The first-order valence-electron chi connectivity index (χ1n) is 9.40. The van der Waals surface area contributed by atoms with E-state index in [2.05, 4.69) is 4.99 Å². The van der Waals surface area contributed by atoms with Gasteiger partial charge in [-0.05, 0) is 49.1 Å². The zero-order valence-corrected chi connectivity index (χ0v) is 18.4. The van der Waals surface area contributed by atoms with E-state index in [1.807, 2.05) is 47.9 Å². The summed E-state index contributed by atoms with van der Waals surface area (Å²) in [5, 5.41) is 1.96. The van der Waals surface area contributed by atoms with Crippen LogP contribution in [-0.4, -0.2) is 24.3 Å². The molecule has 0 saturated carbocycles. The molecule has 6 nitrogen and oxygen atoms in total. The third kappa shape index (κ3) is 3.64. The average molecular weight is 441 g/mol. The molecule has 4 rings (SSSR count). The zero-order chi connectivity index (χ0) is 21.3. The minimum absolute atomic E-state index is 0.186. The van der Waals surface area contributed by atoms with Crippen LogP contribution in [0.4, 0.5) is 0 Å². The summed E-state index contributed by atoms with van der Waals surface area (Å²) in [6.07, 6.45) is 1.86. The molecule has 1 aliphatic rings. The van der Waals surface area contributed by atoms with Gasteiger partial charge in [0.05, 0.1) is 35.6 Å². The highest BCUT2D eigenvalue weighted by Gasteiger charge is 2.33. The zero-order valence-electron chi connectivity index (χ0n) is 16.7. The number of allylic oxidation sites excluding steroid dienone is 1. The standard InChI is InChI=1S/C22H20N2O4S2/c1-4-28-21(26)18-13(2)23-22-24(19(18)14-7-5-8-15(11-14)27-3)20(25)17(30-22)12-16-9-6-10-29-16/h5-12,19H,4H2,1-3H3/b17-12-/t19-/m1/s1. The van der Waals surface area contributed by atoms with Crippen LogP contribution in [0.2, 0.25) is 0 Å². The molecular formula is C22H20N2O4S2. The lowest BCUT2D eigenvalue weighted by Crippen LogP contribution is -2.39. The van der Waals surface area contributed by atoms with E-state index in [1.165, 1.54) is 11.3 Å². The van der Waals surface area contributed by atoms with Gasteiger partial charge in [-0.2, -0.15) is 0 Å². The number of carbonyl (C=O) groups is 1. The van der Waals surface area contributed by atoms with E-state index in [4.69, 9.17) is 9.47 Å².